The van der Waals surface area contributed by atoms with Crippen LogP contribution in [0.15, 0.2) is 41.4 Å². The zero-order valence-corrected chi connectivity index (χ0v) is 14.8. The van der Waals surface area contributed by atoms with Crippen LogP contribution < -0.4 is 0 Å². The van der Waals surface area contributed by atoms with Crippen LogP contribution in [0.25, 0.3) is 11.1 Å². The van der Waals surface area contributed by atoms with E-state index in [-0.39, 0.29) is 34.1 Å². The minimum Gasteiger partial charge on any atom is -0.461 e. The van der Waals surface area contributed by atoms with Gasteiger partial charge in [-0.25, -0.2) is 18.2 Å². The van der Waals surface area contributed by atoms with Gasteiger partial charge in [-0.3, -0.25) is 0 Å². The zero-order chi connectivity index (χ0) is 19.5. The van der Waals surface area contributed by atoms with Crippen molar-refractivity contribution < 1.29 is 31.1 Å². The molecule has 5 nitrogen and oxygen atoms in total. The van der Waals surface area contributed by atoms with Gasteiger partial charge in [0.2, 0.25) is 0 Å². The summed E-state index contributed by atoms with van der Waals surface area (Å²) in [6, 6.07) is 5.30. The van der Waals surface area contributed by atoms with E-state index in [1.807, 2.05) is 0 Å². The van der Waals surface area contributed by atoms with Crippen molar-refractivity contribution in [2.45, 2.75) is 24.9 Å². The van der Waals surface area contributed by atoms with Gasteiger partial charge in [-0.15, -0.1) is 0 Å². The monoisotopic (exact) mass is 387 g/mol. The molecule has 26 heavy (non-hydrogen) atoms. The maximum atomic E-state index is 12.9. The van der Waals surface area contributed by atoms with E-state index >= 15 is 0 Å². The van der Waals surface area contributed by atoms with Crippen molar-refractivity contribution in [1.29, 1.82) is 0 Å². The predicted molar refractivity (Wildman–Crippen MR) is 88.4 cm³/mol. The molecule has 0 atom stereocenters. The highest BCUT2D eigenvalue weighted by molar-refractivity contribution is 7.91. The van der Waals surface area contributed by atoms with Gasteiger partial charge in [0.25, 0.3) is 0 Å². The topological polar surface area (TPSA) is 73.3 Å². The fourth-order valence-corrected chi connectivity index (χ4v) is 3.35. The number of alkyl halides is 3. The van der Waals surface area contributed by atoms with Gasteiger partial charge in [0.05, 0.1) is 22.8 Å². The third kappa shape index (κ3) is 4.21. The van der Waals surface area contributed by atoms with E-state index in [1.54, 1.807) is 6.92 Å². The van der Waals surface area contributed by atoms with E-state index in [0.29, 0.717) is 0 Å². The molecular weight excluding hydrogens is 371 g/mol. The number of carbonyl (C=O) groups is 1. The van der Waals surface area contributed by atoms with Crippen LogP contribution in [-0.2, 0) is 20.8 Å². The second-order valence-corrected chi connectivity index (χ2v) is 7.51. The van der Waals surface area contributed by atoms with Crippen LogP contribution in [0.5, 0.6) is 0 Å². The lowest BCUT2D eigenvalue weighted by atomic mass is 10.0. The molecule has 0 aliphatic carbocycles. The first-order chi connectivity index (χ1) is 12.1. The van der Waals surface area contributed by atoms with Crippen LogP contribution in [0.1, 0.15) is 29.9 Å². The molecule has 0 unspecified atom stereocenters. The van der Waals surface area contributed by atoms with Crippen molar-refractivity contribution >= 4 is 15.8 Å². The fraction of sp³-hybridized carbons (Fsp3) is 0.294. The molecule has 140 valence electrons. The third-order valence-electron chi connectivity index (χ3n) is 3.57. The molecule has 0 saturated heterocycles. The first-order valence-electron chi connectivity index (χ1n) is 7.67. The maximum absolute atomic E-state index is 12.9. The summed E-state index contributed by atoms with van der Waals surface area (Å²) in [5, 5.41) is 0. The fourth-order valence-electron chi connectivity index (χ4n) is 2.25. The Morgan fingerprint density at radius 3 is 2.46 bits per heavy atom. The zero-order valence-electron chi connectivity index (χ0n) is 14.0. The average molecular weight is 387 g/mol. The highest BCUT2D eigenvalue weighted by Crippen LogP contribution is 2.34. The molecule has 0 saturated carbocycles. The van der Waals surface area contributed by atoms with Gasteiger partial charge in [0, 0.05) is 11.8 Å². The van der Waals surface area contributed by atoms with Crippen LogP contribution >= 0.6 is 0 Å². The van der Waals surface area contributed by atoms with Gasteiger partial charge in [0.1, 0.15) is 5.69 Å². The largest absolute Gasteiger partial charge is 0.461 e. The van der Waals surface area contributed by atoms with Crippen molar-refractivity contribution in [2.24, 2.45) is 0 Å². The number of sulfone groups is 1. The minimum absolute atomic E-state index is 0.00833. The Bertz CT molecular complexity index is 924. The first kappa shape index (κ1) is 19.9. The second-order valence-electron chi connectivity index (χ2n) is 5.27. The van der Waals surface area contributed by atoms with Gasteiger partial charge < -0.3 is 4.74 Å². The summed E-state index contributed by atoms with van der Waals surface area (Å²) in [7, 11) is -3.83. The number of pyridine rings is 1. The van der Waals surface area contributed by atoms with Gasteiger partial charge in [-0.1, -0.05) is 19.1 Å². The van der Waals surface area contributed by atoms with Crippen LogP contribution in [-0.4, -0.2) is 31.7 Å². The molecule has 0 N–H and O–H groups in total. The van der Waals surface area contributed by atoms with Gasteiger partial charge in [0.15, 0.2) is 9.84 Å². The van der Waals surface area contributed by atoms with Gasteiger partial charge >= 0.3 is 12.1 Å². The summed E-state index contributed by atoms with van der Waals surface area (Å²) >= 11 is 0. The lowest BCUT2D eigenvalue weighted by Crippen LogP contribution is -2.12. The number of carbonyl (C=O) groups excluding carboxylic acids is 1. The molecule has 0 bridgehead atoms. The summed E-state index contributed by atoms with van der Waals surface area (Å²) in [6.07, 6.45) is -3.50. The van der Waals surface area contributed by atoms with E-state index in [9.17, 15) is 26.4 Å². The highest BCUT2D eigenvalue weighted by atomic mass is 32.2. The Hall–Kier alpha value is -2.42. The minimum atomic E-state index is -4.57. The summed E-state index contributed by atoms with van der Waals surface area (Å²) in [6.45, 7) is 3.06. The van der Waals surface area contributed by atoms with Crippen LogP contribution in [0, 0.1) is 0 Å². The quantitative estimate of drug-likeness (QED) is 0.731. The molecule has 2 aromatic rings. The molecule has 0 amide bonds. The van der Waals surface area contributed by atoms with Crippen molar-refractivity contribution in [2.75, 3.05) is 12.4 Å². The Morgan fingerprint density at radius 1 is 1.19 bits per heavy atom. The molecular formula is C17H16F3NO4S. The maximum Gasteiger partial charge on any atom is 0.416 e. The molecule has 9 heteroatoms. The van der Waals surface area contributed by atoms with E-state index < -0.39 is 27.5 Å². The molecule has 0 spiro atoms. The second kappa shape index (κ2) is 7.45. The number of hydrogen-bond donors (Lipinski definition) is 0. The highest BCUT2D eigenvalue weighted by Gasteiger charge is 2.31. The number of nitrogens with zero attached hydrogens (tertiary/aromatic N) is 1. The van der Waals surface area contributed by atoms with Gasteiger partial charge in [-0.2, -0.15) is 13.2 Å². The molecule has 1 heterocycles. The smallest absolute Gasteiger partial charge is 0.416 e. The van der Waals surface area contributed by atoms with Crippen LogP contribution in [0.4, 0.5) is 13.2 Å². The summed E-state index contributed by atoms with van der Waals surface area (Å²) in [5.74, 6) is -1.10. The number of ether oxygens (including phenoxy) is 1. The molecule has 1 aromatic carbocycles. The first-order valence-corrected chi connectivity index (χ1v) is 9.33. The number of benzene rings is 1. The molecule has 1 aromatic heterocycles. The van der Waals surface area contributed by atoms with E-state index in [1.165, 1.54) is 19.1 Å². The van der Waals surface area contributed by atoms with Crippen LogP contribution in [0.3, 0.4) is 0 Å². The van der Waals surface area contributed by atoms with Crippen molar-refractivity contribution in [3.63, 3.8) is 0 Å². The van der Waals surface area contributed by atoms with E-state index in [0.717, 1.165) is 24.4 Å². The van der Waals surface area contributed by atoms with Crippen molar-refractivity contribution in [3.8, 4) is 11.1 Å². The van der Waals surface area contributed by atoms with Crippen molar-refractivity contribution in [3.05, 3.63) is 47.8 Å². The predicted octanol–water partition coefficient (Wildman–Crippen LogP) is 3.74. The number of rotatable bonds is 5. The molecule has 0 fully saturated rings. The number of aromatic nitrogens is 1. The summed E-state index contributed by atoms with van der Waals surface area (Å²) in [5.41, 5.74) is -1.11. The normalized spacial score (nSPS) is 12.0. The van der Waals surface area contributed by atoms with E-state index in [2.05, 4.69) is 4.98 Å². The Balaban J connectivity index is 2.67. The summed E-state index contributed by atoms with van der Waals surface area (Å²) in [4.78, 5) is 15.4. The molecule has 2 rings (SSSR count). The Kier molecular flexibility index (Phi) is 5.70. The van der Waals surface area contributed by atoms with Gasteiger partial charge in [-0.05, 0) is 30.7 Å². The lowest BCUT2D eigenvalue weighted by molar-refractivity contribution is -0.137. The Labute approximate surface area is 148 Å². The molecule has 0 aliphatic heterocycles. The molecule has 0 aliphatic rings. The standard InChI is InChI=1S/C17H16F3NO4S/c1-3-25-16(22)14-9-15(26(23,24)4-2)13(10-21-14)11-6-5-7-12(8-11)17(18,19)20/h5-10H,3-4H2,1-2H3. The van der Waals surface area contributed by atoms with E-state index in [4.69, 9.17) is 4.74 Å². The number of esters is 1. The average Bonchev–Trinajstić information content (AvgIpc) is 2.61. The summed E-state index contributed by atoms with van der Waals surface area (Å²) < 4.78 is 68.4. The van der Waals surface area contributed by atoms with Crippen molar-refractivity contribution in [1.82, 2.24) is 4.98 Å². The molecule has 0 radical (unpaired) electrons. The Morgan fingerprint density at radius 2 is 1.88 bits per heavy atom. The van der Waals surface area contributed by atoms with Crippen LogP contribution in [0.2, 0.25) is 0 Å². The number of halogens is 3. The number of hydrogen-bond acceptors (Lipinski definition) is 5. The SMILES string of the molecule is CCOC(=O)c1cc(S(=O)(=O)CC)c(-c2cccc(C(F)(F)F)c2)cn1. The lowest BCUT2D eigenvalue weighted by Gasteiger charge is -2.13. The third-order valence-corrected chi connectivity index (χ3v) is 5.33.